The number of anilines is 2. The Bertz CT molecular complexity index is 2500. The molecule has 4 heterocycles. The van der Waals surface area contributed by atoms with E-state index in [0.717, 1.165) is 22.5 Å². The number of rotatable bonds is 18. The van der Waals surface area contributed by atoms with Gasteiger partial charge in [-0.1, -0.05) is 64.1 Å². The van der Waals surface area contributed by atoms with Gasteiger partial charge in [-0.25, -0.2) is 33.7 Å². The zero-order chi connectivity index (χ0) is 50.6. The number of hydrogen-bond acceptors (Lipinski definition) is 14. The summed E-state index contributed by atoms with van der Waals surface area (Å²) >= 11 is 2.36. The zero-order valence-electron chi connectivity index (χ0n) is 40.8. The van der Waals surface area contributed by atoms with E-state index < -0.39 is 51.3 Å². The van der Waals surface area contributed by atoms with Crippen LogP contribution in [0.15, 0.2) is 92.0 Å². The lowest BCUT2D eigenvalue weighted by molar-refractivity contribution is 0.0780. The normalized spacial score (nSPS) is 18.7. The molecule has 22 heteroatoms. The highest BCUT2D eigenvalue weighted by Gasteiger charge is 2.39. The molecule has 2 fully saturated rings. The lowest BCUT2D eigenvalue weighted by atomic mass is 9.98. The second-order valence-electron chi connectivity index (χ2n) is 19.4. The van der Waals surface area contributed by atoms with Crippen molar-refractivity contribution in [1.82, 2.24) is 17.2 Å². The van der Waals surface area contributed by atoms with Crippen LogP contribution in [0.1, 0.15) is 66.5 Å². The van der Waals surface area contributed by atoms with Gasteiger partial charge in [0, 0.05) is 76.8 Å². The lowest BCUT2D eigenvalue weighted by Crippen LogP contribution is -2.59. The van der Waals surface area contributed by atoms with Gasteiger partial charge in [-0.15, -0.1) is 22.7 Å². The Morgan fingerprint density at radius 3 is 1.13 bits per heavy atom. The summed E-state index contributed by atoms with van der Waals surface area (Å²) in [7, 11) is -14.3. The number of piperazine rings is 2. The minimum absolute atomic E-state index is 0.129. The van der Waals surface area contributed by atoms with Gasteiger partial charge in [-0.2, -0.15) is 17.2 Å². The molecule has 2 aliphatic heterocycles. The second kappa shape index (κ2) is 22.2. The average molecular weight is 1060 g/mol. The summed E-state index contributed by atoms with van der Waals surface area (Å²) in [5.41, 5.74) is 1.31. The lowest BCUT2D eigenvalue weighted by Gasteiger charge is -2.43. The van der Waals surface area contributed by atoms with E-state index in [1.54, 1.807) is 62.7 Å². The zero-order valence-corrected chi connectivity index (χ0v) is 45.7. The highest BCUT2D eigenvalue weighted by Crippen LogP contribution is 2.32. The van der Waals surface area contributed by atoms with Gasteiger partial charge in [0.1, 0.15) is 8.42 Å². The molecular weight excluding hydrogens is 989 g/mol. The third kappa shape index (κ3) is 14.6. The first-order valence-electron chi connectivity index (χ1n) is 22.6. The van der Waals surface area contributed by atoms with Gasteiger partial charge < -0.3 is 20.0 Å². The molecule has 6 rings (SSSR count). The van der Waals surface area contributed by atoms with E-state index in [2.05, 4.69) is 9.80 Å². The quantitative estimate of drug-likeness (QED) is 0.126. The Morgan fingerprint density at radius 2 is 0.882 bits per heavy atom. The van der Waals surface area contributed by atoms with E-state index in [1.165, 1.54) is 52.4 Å². The van der Waals surface area contributed by atoms with Crippen molar-refractivity contribution in [2.45, 2.75) is 87.1 Å². The SMILES string of the molecule is CC(C)CN(C[C@H]1CN(S(=O)(=O)c2cccs2)CCN1c1ccc(C(C)(C)O)cc1)S(C)(=O)=O.CC(C)CN(C[C@H]1CN(S(=O)(=O)c2cccs2)CCN1c1ccc(C(C)(C)O)cc1)S(C)(=O)=O. The maximum atomic E-state index is 13.2. The second-order valence-corrected chi connectivity index (χ2v) is 29.6. The van der Waals surface area contributed by atoms with Crippen LogP contribution in [0, 0.1) is 11.8 Å². The van der Waals surface area contributed by atoms with Crippen LogP contribution in [-0.4, -0.2) is 151 Å². The number of thiophene rings is 2. The molecule has 16 nitrogen and oxygen atoms in total. The van der Waals surface area contributed by atoms with Crippen LogP contribution >= 0.6 is 22.7 Å². The van der Waals surface area contributed by atoms with Crippen molar-refractivity contribution >= 4 is 74.1 Å². The molecule has 4 aromatic rings. The third-order valence-electron chi connectivity index (χ3n) is 11.8. The molecule has 0 amide bonds. The summed E-state index contributed by atoms with van der Waals surface area (Å²) in [6, 6.07) is 20.9. The van der Waals surface area contributed by atoms with E-state index in [9.17, 15) is 43.9 Å². The van der Waals surface area contributed by atoms with Gasteiger partial charge >= 0.3 is 0 Å². The van der Waals surface area contributed by atoms with E-state index in [1.807, 2.05) is 76.2 Å². The first-order chi connectivity index (χ1) is 31.4. The molecule has 2 N–H and O–H groups in total. The predicted molar refractivity (Wildman–Crippen MR) is 274 cm³/mol. The summed E-state index contributed by atoms with van der Waals surface area (Å²) < 4.78 is 109. The molecule has 2 aromatic heterocycles. The van der Waals surface area contributed by atoms with Crippen LogP contribution in [0.4, 0.5) is 11.4 Å². The van der Waals surface area contributed by atoms with Crippen molar-refractivity contribution in [3.8, 4) is 0 Å². The Morgan fingerprint density at radius 1 is 0.559 bits per heavy atom. The van der Waals surface area contributed by atoms with Crippen LogP contribution in [0.5, 0.6) is 0 Å². The fourth-order valence-electron chi connectivity index (χ4n) is 8.25. The number of hydrogen-bond donors (Lipinski definition) is 2. The monoisotopic (exact) mass is 1060 g/mol. The summed E-state index contributed by atoms with van der Waals surface area (Å²) in [6.07, 6.45) is 2.39. The Kier molecular flexibility index (Phi) is 18.2. The standard InChI is InChI=1S/2C23H35N3O5S3/c2*1-18(2)15-25(33(5,28)29)17-21-16-24(34(30,31)22-7-6-14-32-22)12-13-26(21)20-10-8-19(9-11-20)23(3,4)27/h2*6-11,14,18,21,27H,12-13,15-17H2,1-5H3/t2*21-/m11/s1. The van der Waals surface area contributed by atoms with Crippen LogP contribution < -0.4 is 9.80 Å². The van der Waals surface area contributed by atoms with Crippen LogP contribution in [0.2, 0.25) is 0 Å². The number of nitrogens with zero attached hydrogens (tertiary/aromatic N) is 6. The molecule has 2 aliphatic rings. The van der Waals surface area contributed by atoms with Crippen LogP contribution in [-0.2, 0) is 51.3 Å². The van der Waals surface area contributed by atoms with Crippen molar-refractivity contribution in [3.63, 3.8) is 0 Å². The van der Waals surface area contributed by atoms with Gasteiger partial charge in [0.15, 0.2) is 0 Å². The molecule has 2 aromatic carbocycles. The Balaban J connectivity index is 0.000000254. The summed E-state index contributed by atoms with van der Waals surface area (Å²) in [5, 5.41) is 24.0. The molecule has 0 radical (unpaired) electrons. The number of benzene rings is 2. The Labute approximate surface area is 414 Å². The van der Waals surface area contributed by atoms with E-state index in [0.29, 0.717) is 39.3 Å². The largest absolute Gasteiger partial charge is 0.386 e. The number of aliphatic hydroxyl groups is 2. The minimum atomic E-state index is -3.65. The van der Waals surface area contributed by atoms with Crippen molar-refractivity contribution in [3.05, 3.63) is 94.7 Å². The highest BCUT2D eigenvalue weighted by molar-refractivity contribution is 7.91. The van der Waals surface area contributed by atoms with Gasteiger partial charge in [-0.3, -0.25) is 0 Å². The maximum Gasteiger partial charge on any atom is 0.252 e. The van der Waals surface area contributed by atoms with Gasteiger partial charge in [-0.05, 0) is 97.8 Å². The molecule has 0 unspecified atom stereocenters. The van der Waals surface area contributed by atoms with Gasteiger partial charge in [0.2, 0.25) is 20.0 Å². The summed E-state index contributed by atoms with van der Waals surface area (Å²) in [6.45, 7) is 17.6. The summed E-state index contributed by atoms with van der Waals surface area (Å²) in [4.78, 5) is 4.15. The Hall–Kier alpha value is -3.00. The molecule has 0 aliphatic carbocycles. The molecule has 0 bridgehead atoms. The first-order valence-corrected chi connectivity index (χ1v) is 30.9. The fourth-order valence-corrected chi connectivity index (χ4v) is 15.5. The highest BCUT2D eigenvalue weighted by atomic mass is 32.3. The molecule has 0 spiro atoms. The molecular formula is C46H70N6O10S6. The van der Waals surface area contributed by atoms with Crippen LogP contribution in [0.25, 0.3) is 0 Å². The predicted octanol–water partition coefficient (Wildman–Crippen LogP) is 5.55. The average Bonchev–Trinajstić information content (AvgIpc) is 3.99. The van der Waals surface area contributed by atoms with Crippen molar-refractivity contribution < 1.29 is 43.9 Å². The molecule has 68 heavy (non-hydrogen) atoms. The number of sulfonamides is 4. The van der Waals surface area contributed by atoms with Crippen molar-refractivity contribution in [1.29, 1.82) is 0 Å². The van der Waals surface area contributed by atoms with E-state index >= 15 is 0 Å². The van der Waals surface area contributed by atoms with E-state index in [4.69, 9.17) is 0 Å². The third-order valence-corrected chi connectivity index (χ3v) is 20.7. The molecule has 2 saturated heterocycles. The topological polar surface area (TPSA) is 196 Å². The minimum Gasteiger partial charge on any atom is -0.386 e. The summed E-state index contributed by atoms with van der Waals surface area (Å²) in [5.74, 6) is 0.257. The molecule has 0 saturated carbocycles. The first kappa shape index (κ1) is 55.9. The van der Waals surface area contributed by atoms with Crippen molar-refractivity contribution in [2.24, 2.45) is 11.8 Å². The van der Waals surface area contributed by atoms with Gasteiger partial charge in [0.05, 0.1) is 35.8 Å². The van der Waals surface area contributed by atoms with E-state index in [-0.39, 0.29) is 58.5 Å². The van der Waals surface area contributed by atoms with Crippen LogP contribution in [0.3, 0.4) is 0 Å². The molecule has 380 valence electrons. The molecule has 2 atom stereocenters. The maximum absolute atomic E-state index is 13.2. The van der Waals surface area contributed by atoms with Crippen molar-refractivity contribution in [2.75, 3.05) is 87.8 Å². The van der Waals surface area contributed by atoms with Gasteiger partial charge in [0.25, 0.3) is 20.0 Å². The smallest absolute Gasteiger partial charge is 0.252 e. The fraction of sp³-hybridized carbons (Fsp3) is 0.565.